The molecule has 0 aliphatic carbocycles. The van der Waals surface area contributed by atoms with E-state index in [4.69, 9.17) is 9.97 Å². The SMILES string of the molecule is c1ccc(-n2c3ccccc3n3c4ccc5c6ccccc6n(-c6ccccc6-c6ccccc6-n6c7ccccc7c7ccc8c(nc9n(-c%10ccccc%10)c%10ccc(-n%11c%12ccccc%12c%12ccccc%12%11)cc%10n89)c76)c5c4nc23)cc1. The van der Waals surface area contributed by atoms with Crippen molar-refractivity contribution in [2.75, 3.05) is 0 Å². The fraction of sp³-hybridized carbons (Fsp3) is 0. The van der Waals surface area contributed by atoms with Crippen LogP contribution in [0.3, 0.4) is 0 Å². The van der Waals surface area contributed by atoms with Crippen LogP contribution in [0.4, 0.5) is 0 Å². The average molecular weight is 1060 g/mol. The Bertz CT molecular complexity index is 5880. The van der Waals surface area contributed by atoms with E-state index in [9.17, 15) is 0 Å². The first-order chi connectivity index (χ1) is 41.2. The van der Waals surface area contributed by atoms with E-state index in [0.29, 0.717) is 0 Å². The van der Waals surface area contributed by atoms with E-state index < -0.39 is 0 Å². The quantitative estimate of drug-likeness (QED) is 0.167. The Labute approximate surface area is 472 Å². The zero-order valence-electron chi connectivity index (χ0n) is 44.5. The molecule has 0 aliphatic heterocycles. The summed E-state index contributed by atoms with van der Waals surface area (Å²) in [5.74, 6) is 1.72. The molecule has 0 saturated heterocycles. The van der Waals surface area contributed by atoms with Crippen LogP contribution in [0, 0.1) is 0 Å². The van der Waals surface area contributed by atoms with Crippen LogP contribution in [-0.2, 0) is 0 Å². The second kappa shape index (κ2) is 16.6. The molecule has 0 saturated carbocycles. The highest BCUT2D eigenvalue weighted by Gasteiger charge is 2.27. The van der Waals surface area contributed by atoms with Gasteiger partial charge in [0.15, 0.2) is 0 Å². The van der Waals surface area contributed by atoms with Crippen molar-refractivity contribution in [1.82, 2.24) is 41.6 Å². The summed E-state index contributed by atoms with van der Waals surface area (Å²) in [7, 11) is 0. The molecular weight excluding hydrogens is 1010 g/mol. The topological polar surface area (TPSA) is 59.2 Å². The van der Waals surface area contributed by atoms with Crippen molar-refractivity contribution in [3.8, 4) is 39.6 Å². The number of aromatic nitrogens is 9. The van der Waals surface area contributed by atoms with Crippen LogP contribution >= 0.6 is 0 Å². The number of fused-ring (bicyclic) bond motifs is 21. The van der Waals surface area contributed by atoms with Gasteiger partial charge in [-0.3, -0.25) is 17.9 Å². The first-order valence-corrected chi connectivity index (χ1v) is 28.3. The Balaban J connectivity index is 0.879. The molecule has 0 fully saturated rings. The molecule has 7 aromatic heterocycles. The van der Waals surface area contributed by atoms with Crippen molar-refractivity contribution >= 4 is 121 Å². The van der Waals surface area contributed by atoms with E-state index in [1.165, 1.54) is 32.6 Å². The maximum Gasteiger partial charge on any atom is 0.220 e. The van der Waals surface area contributed by atoms with Crippen molar-refractivity contribution in [3.63, 3.8) is 0 Å². The monoisotopic (exact) mass is 1060 g/mol. The predicted octanol–water partition coefficient (Wildman–Crippen LogP) is 18.1. The van der Waals surface area contributed by atoms with Gasteiger partial charge in [-0.15, -0.1) is 0 Å². The third kappa shape index (κ3) is 5.93. The van der Waals surface area contributed by atoms with Gasteiger partial charge < -0.3 is 13.7 Å². The number of para-hydroxylation sites is 10. The lowest BCUT2D eigenvalue weighted by Crippen LogP contribution is -2.02. The summed E-state index contributed by atoms with van der Waals surface area (Å²) >= 11 is 0. The summed E-state index contributed by atoms with van der Waals surface area (Å²) in [5, 5.41) is 7.10. The van der Waals surface area contributed by atoms with E-state index in [1.54, 1.807) is 0 Å². The second-order valence-corrected chi connectivity index (χ2v) is 21.8. The molecule has 0 atom stereocenters. The molecule has 19 rings (SSSR count). The fourth-order valence-corrected chi connectivity index (χ4v) is 14.2. The smallest absolute Gasteiger partial charge is 0.220 e. The summed E-state index contributed by atoms with van der Waals surface area (Å²) in [6, 6.07) is 98.8. The van der Waals surface area contributed by atoms with Gasteiger partial charge >= 0.3 is 0 Å². The third-order valence-electron chi connectivity index (χ3n) is 17.5. The summed E-state index contributed by atoms with van der Waals surface area (Å²) in [6.07, 6.45) is 0. The molecule has 0 bridgehead atoms. The minimum absolute atomic E-state index is 0.849. The molecule has 7 heterocycles. The molecule has 83 heavy (non-hydrogen) atoms. The van der Waals surface area contributed by atoms with Crippen LogP contribution in [0.2, 0.25) is 0 Å². The van der Waals surface area contributed by atoms with Gasteiger partial charge in [-0.1, -0.05) is 158 Å². The van der Waals surface area contributed by atoms with Crippen molar-refractivity contribution < 1.29 is 0 Å². The number of rotatable bonds is 6. The molecule has 9 heteroatoms. The van der Waals surface area contributed by atoms with Gasteiger partial charge in [-0.25, -0.2) is 9.97 Å². The van der Waals surface area contributed by atoms with Crippen molar-refractivity contribution in [1.29, 1.82) is 0 Å². The Morgan fingerprint density at radius 2 is 0.578 bits per heavy atom. The van der Waals surface area contributed by atoms with Gasteiger partial charge in [0.25, 0.3) is 0 Å². The van der Waals surface area contributed by atoms with Crippen LogP contribution in [-0.4, -0.2) is 41.6 Å². The minimum atomic E-state index is 0.849. The molecule has 19 aromatic rings. The maximum absolute atomic E-state index is 5.83. The standard InChI is InChI=1S/C74H45N9/c1-3-21-46(22-4-1)78-63-37-19-20-38-64(63)82-66-43-40-55-53-29-11-17-35-61(53)80(71(55)69(66)75-73(78)82)59-33-15-9-27-51(59)52-28-10-16-34-60(52)81-62-36-18-12-30-54(62)56-41-44-67-70(72(56)81)76-74-79(47-23-5-2-6-24-47)65-42-39-48(45-68(65)83(67)74)77-57-31-13-7-25-49(57)50-26-8-14-32-58(50)77/h1-45H. The normalized spacial score (nSPS) is 12.3. The molecular formula is C74H45N9. The summed E-state index contributed by atoms with van der Waals surface area (Å²) in [4.78, 5) is 11.5. The van der Waals surface area contributed by atoms with Crippen LogP contribution in [0.25, 0.3) is 161 Å². The number of hydrogen-bond acceptors (Lipinski definition) is 2. The van der Waals surface area contributed by atoms with Crippen molar-refractivity contribution in [2.45, 2.75) is 0 Å². The fourth-order valence-electron chi connectivity index (χ4n) is 14.2. The number of hydrogen-bond donors (Lipinski definition) is 0. The van der Waals surface area contributed by atoms with Crippen LogP contribution in [0.1, 0.15) is 0 Å². The second-order valence-electron chi connectivity index (χ2n) is 21.8. The van der Waals surface area contributed by atoms with E-state index >= 15 is 0 Å². The molecule has 0 radical (unpaired) electrons. The van der Waals surface area contributed by atoms with E-state index in [1.807, 2.05) is 0 Å². The number of imidazole rings is 4. The Kier molecular flexibility index (Phi) is 8.87. The maximum atomic E-state index is 5.83. The Morgan fingerprint density at radius 1 is 0.217 bits per heavy atom. The van der Waals surface area contributed by atoms with Gasteiger partial charge in [-0.05, 0) is 115 Å². The highest BCUT2D eigenvalue weighted by molar-refractivity contribution is 6.20. The van der Waals surface area contributed by atoms with Gasteiger partial charge in [-0.2, -0.15) is 0 Å². The zero-order chi connectivity index (χ0) is 54.0. The highest BCUT2D eigenvalue weighted by atomic mass is 15.2. The van der Waals surface area contributed by atoms with Crippen molar-refractivity contribution in [2.24, 2.45) is 0 Å². The van der Waals surface area contributed by atoms with E-state index in [2.05, 4.69) is 305 Å². The van der Waals surface area contributed by atoms with Crippen LogP contribution in [0.15, 0.2) is 273 Å². The van der Waals surface area contributed by atoms with Gasteiger partial charge in [0.05, 0.1) is 77.6 Å². The zero-order valence-corrected chi connectivity index (χ0v) is 44.5. The number of nitrogens with zero attached hydrogens (tertiary/aromatic N) is 9. The van der Waals surface area contributed by atoms with Gasteiger partial charge in [0.1, 0.15) is 11.0 Å². The van der Waals surface area contributed by atoms with Crippen molar-refractivity contribution in [3.05, 3.63) is 273 Å². The average Bonchev–Trinajstić information content (AvgIpc) is 1.75. The van der Waals surface area contributed by atoms with E-state index in [0.717, 1.165) is 128 Å². The number of benzene rings is 12. The predicted molar refractivity (Wildman–Crippen MR) is 341 cm³/mol. The Morgan fingerprint density at radius 3 is 1.07 bits per heavy atom. The van der Waals surface area contributed by atoms with Crippen LogP contribution in [0.5, 0.6) is 0 Å². The first kappa shape index (κ1) is 44.4. The highest BCUT2D eigenvalue weighted by Crippen LogP contribution is 2.45. The lowest BCUT2D eigenvalue weighted by Gasteiger charge is -2.18. The van der Waals surface area contributed by atoms with E-state index in [-0.39, 0.29) is 0 Å². The Hall–Kier alpha value is -11.4. The largest absolute Gasteiger partial charge is 0.309 e. The lowest BCUT2D eigenvalue weighted by molar-refractivity contribution is 1.11. The molecule has 12 aromatic carbocycles. The summed E-state index contributed by atoms with van der Waals surface area (Å²) < 4.78 is 16.7. The molecule has 0 N–H and O–H groups in total. The molecule has 0 aliphatic rings. The van der Waals surface area contributed by atoms with Gasteiger partial charge in [0, 0.05) is 60.5 Å². The summed E-state index contributed by atoms with van der Waals surface area (Å²) in [5.41, 5.74) is 22.5. The van der Waals surface area contributed by atoms with Crippen LogP contribution < -0.4 is 0 Å². The molecule has 9 nitrogen and oxygen atoms in total. The lowest BCUT2D eigenvalue weighted by atomic mass is 10.0. The third-order valence-corrected chi connectivity index (χ3v) is 17.5. The molecule has 0 amide bonds. The molecule has 0 spiro atoms. The summed E-state index contributed by atoms with van der Waals surface area (Å²) in [6.45, 7) is 0. The minimum Gasteiger partial charge on any atom is -0.309 e. The molecule has 0 unspecified atom stereocenters. The van der Waals surface area contributed by atoms with Gasteiger partial charge in [0.2, 0.25) is 11.6 Å². The first-order valence-electron chi connectivity index (χ1n) is 28.3. The molecule has 386 valence electrons.